The van der Waals surface area contributed by atoms with Gasteiger partial charge in [-0.15, -0.1) is 0 Å². The first-order valence-electron chi connectivity index (χ1n) is 5.48. The lowest BCUT2D eigenvalue weighted by Gasteiger charge is -2.26. The van der Waals surface area contributed by atoms with E-state index in [9.17, 15) is 9.59 Å². The van der Waals surface area contributed by atoms with Crippen LogP contribution >= 0.6 is 0 Å². The zero-order chi connectivity index (χ0) is 13.5. The molecule has 0 N–H and O–H groups in total. The third-order valence-corrected chi connectivity index (χ3v) is 2.80. The molecule has 0 spiro atoms. The minimum Gasteiger partial charge on any atom is -0.468 e. The summed E-state index contributed by atoms with van der Waals surface area (Å²) in [7, 11) is 2.60. The lowest BCUT2D eigenvalue weighted by Crippen LogP contribution is -2.34. The van der Waals surface area contributed by atoms with Crippen molar-refractivity contribution in [1.29, 1.82) is 0 Å². The maximum absolute atomic E-state index is 11.8. The predicted molar refractivity (Wildman–Crippen MR) is 72.1 cm³/mol. The van der Waals surface area contributed by atoms with Crippen LogP contribution in [0.4, 0.5) is 0 Å². The van der Waals surface area contributed by atoms with E-state index in [0.717, 1.165) is 0 Å². The average molecular weight is 256 g/mol. The SMILES string of the molecule is C.CC=CC=C(C(=O)OC)C(C)(CC)C(=O)OC. The van der Waals surface area contributed by atoms with Crippen molar-refractivity contribution >= 4 is 11.9 Å². The van der Waals surface area contributed by atoms with Gasteiger partial charge >= 0.3 is 11.9 Å². The molecule has 4 heteroatoms. The second-order valence-electron chi connectivity index (χ2n) is 3.77. The first-order valence-corrected chi connectivity index (χ1v) is 5.48. The van der Waals surface area contributed by atoms with Crippen LogP contribution in [0.1, 0.15) is 34.6 Å². The van der Waals surface area contributed by atoms with Crippen molar-refractivity contribution in [2.75, 3.05) is 14.2 Å². The smallest absolute Gasteiger partial charge is 0.334 e. The van der Waals surface area contributed by atoms with Gasteiger partial charge in [0.05, 0.1) is 25.2 Å². The number of carbonyl (C=O) groups excluding carboxylic acids is 2. The fourth-order valence-corrected chi connectivity index (χ4v) is 1.45. The van der Waals surface area contributed by atoms with Gasteiger partial charge in [0.15, 0.2) is 0 Å². The number of esters is 2. The van der Waals surface area contributed by atoms with Crippen LogP contribution in [-0.2, 0) is 19.1 Å². The molecule has 0 radical (unpaired) electrons. The number of rotatable bonds is 5. The van der Waals surface area contributed by atoms with Crippen LogP contribution in [0.15, 0.2) is 23.8 Å². The maximum Gasteiger partial charge on any atom is 0.334 e. The van der Waals surface area contributed by atoms with Gasteiger partial charge in [0.25, 0.3) is 0 Å². The first-order chi connectivity index (χ1) is 7.97. The van der Waals surface area contributed by atoms with Gasteiger partial charge in [-0.2, -0.15) is 0 Å². The summed E-state index contributed by atoms with van der Waals surface area (Å²) in [6.07, 6.45) is 5.52. The van der Waals surface area contributed by atoms with Crippen molar-refractivity contribution in [3.8, 4) is 0 Å². The molecular formula is C14H24O4. The summed E-state index contributed by atoms with van der Waals surface area (Å²) in [5, 5.41) is 0. The Labute approximate surface area is 110 Å². The van der Waals surface area contributed by atoms with E-state index in [1.807, 2.05) is 13.8 Å². The van der Waals surface area contributed by atoms with E-state index < -0.39 is 17.4 Å². The van der Waals surface area contributed by atoms with Gasteiger partial charge in [-0.25, -0.2) is 4.79 Å². The highest BCUT2D eigenvalue weighted by atomic mass is 16.5. The molecule has 0 saturated heterocycles. The first kappa shape index (κ1) is 18.8. The molecule has 104 valence electrons. The number of methoxy groups -OCH3 is 2. The van der Waals surface area contributed by atoms with Gasteiger partial charge in [0.1, 0.15) is 0 Å². The number of hydrogen-bond donors (Lipinski definition) is 0. The summed E-state index contributed by atoms with van der Waals surface area (Å²) >= 11 is 0. The molecule has 1 atom stereocenters. The highest BCUT2D eigenvalue weighted by molar-refractivity contribution is 5.98. The van der Waals surface area contributed by atoms with E-state index in [2.05, 4.69) is 0 Å². The molecule has 4 nitrogen and oxygen atoms in total. The number of hydrogen-bond acceptors (Lipinski definition) is 4. The molecule has 0 aliphatic heterocycles. The second kappa shape index (κ2) is 8.50. The van der Waals surface area contributed by atoms with Crippen molar-refractivity contribution < 1.29 is 19.1 Å². The van der Waals surface area contributed by atoms with Gasteiger partial charge in [0, 0.05) is 0 Å². The lowest BCUT2D eigenvalue weighted by molar-refractivity contribution is -0.153. The van der Waals surface area contributed by atoms with E-state index in [0.29, 0.717) is 12.0 Å². The molecule has 18 heavy (non-hydrogen) atoms. The molecule has 0 aliphatic rings. The van der Waals surface area contributed by atoms with Crippen LogP contribution in [0.5, 0.6) is 0 Å². The Morgan fingerprint density at radius 3 is 2.11 bits per heavy atom. The quantitative estimate of drug-likeness (QED) is 0.431. The molecule has 0 bridgehead atoms. The summed E-state index contributed by atoms with van der Waals surface area (Å²) in [6.45, 7) is 5.32. The summed E-state index contributed by atoms with van der Waals surface area (Å²) in [4.78, 5) is 23.5. The van der Waals surface area contributed by atoms with Crippen molar-refractivity contribution in [3.05, 3.63) is 23.8 Å². The van der Waals surface area contributed by atoms with Gasteiger partial charge in [0.2, 0.25) is 0 Å². The van der Waals surface area contributed by atoms with E-state index in [1.165, 1.54) is 14.2 Å². The van der Waals surface area contributed by atoms with Gasteiger partial charge in [-0.05, 0) is 20.3 Å². The normalized spacial score (nSPS) is 14.6. The Bertz CT molecular complexity index is 342. The minimum absolute atomic E-state index is 0. The Balaban J connectivity index is 0. The zero-order valence-corrected chi connectivity index (χ0v) is 11.1. The number of allylic oxidation sites excluding steroid dienone is 3. The molecule has 0 aromatic heterocycles. The van der Waals surface area contributed by atoms with Crippen LogP contribution in [0.2, 0.25) is 0 Å². The molecule has 0 rings (SSSR count). The monoisotopic (exact) mass is 256 g/mol. The van der Waals surface area contributed by atoms with E-state index >= 15 is 0 Å². The third-order valence-electron chi connectivity index (χ3n) is 2.80. The highest BCUT2D eigenvalue weighted by Gasteiger charge is 2.40. The van der Waals surface area contributed by atoms with Crippen LogP contribution < -0.4 is 0 Å². The number of ether oxygens (including phenoxy) is 2. The summed E-state index contributed by atoms with van der Waals surface area (Å²) < 4.78 is 9.45. The van der Waals surface area contributed by atoms with Crippen molar-refractivity contribution in [3.63, 3.8) is 0 Å². The van der Waals surface area contributed by atoms with E-state index in [4.69, 9.17) is 9.47 Å². The standard InChI is InChI=1S/C13H20O4.CH4/c1-6-8-9-10(11(14)16-4)13(3,7-2)12(15)17-5;/h6,8-9H,7H2,1-5H3;1H4. The molecule has 0 aromatic rings. The van der Waals surface area contributed by atoms with Crippen molar-refractivity contribution in [1.82, 2.24) is 0 Å². The fourth-order valence-electron chi connectivity index (χ4n) is 1.45. The largest absolute Gasteiger partial charge is 0.468 e. The van der Waals surface area contributed by atoms with E-state index in [-0.39, 0.29) is 7.43 Å². The molecule has 0 aliphatic carbocycles. The fraction of sp³-hybridized carbons (Fsp3) is 0.571. The summed E-state index contributed by atoms with van der Waals surface area (Å²) in [6, 6.07) is 0. The Kier molecular flexibility index (Phi) is 8.87. The maximum atomic E-state index is 11.8. The third kappa shape index (κ3) is 4.02. The summed E-state index contributed by atoms with van der Waals surface area (Å²) in [5.41, 5.74) is -0.686. The van der Waals surface area contributed by atoms with Crippen LogP contribution in [0, 0.1) is 5.41 Å². The van der Waals surface area contributed by atoms with Crippen LogP contribution in [0.3, 0.4) is 0 Å². The molecule has 0 amide bonds. The highest BCUT2D eigenvalue weighted by Crippen LogP contribution is 2.33. The Morgan fingerprint density at radius 2 is 1.78 bits per heavy atom. The van der Waals surface area contributed by atoms with Crippen LogP contribution in [0.25, 0.3) is 0 Å². The minimum atomic E-state index is -0.985. The summed E-state index contributed by atoms with van der Waals surface area (Å²) in [5.74, 6) is -0.959. The predicted octanol–water partition coefficient (Wildman–Crippen LogP) is 2.89. The number of carbonyl (C=O) groups is 2. The van der Waals surface area contributed by atoms with Crippen molar-refractivity contribution in [2.45, 2.75) is 34.6 Å². The average Bonchev–Trinajstić information content (AvgIpc) is 2.36. The molecule has 0 aromatic carbocycles. The van der Waals surface area contributed by atoms with Crippen molar-refractivity contribution in [2.24, 2.45) is 5.41 Å². The lowest BCUT2D eigenvalue weighted by atomic mass is 9.79. The van der Waals surface area contributed by atoms with Gasteiger partial charge in [-0.3, -0.25) is 4.79 Å². The van der Waals surface area contributed by atoms with E-state index in [1.54, 1.807) is 25.2 Å². The van der Waals surface area contributed by atoms with Gasteiger partial charge in [-0.1, -0.05) is 32.6 Å². The Morgan fingerprint density at radius 1 is 1.22 bits per heavy atom. The van der Waals surface area contributed by atoms with Crippen LogP contribution in [-0.4, -0.2) is 26.2 Å². The zero-order valence-electron chi connectivity index (χ0n) is 11.1. The molecular weight excluding hydrogens is 232 g/mol. The second-order valence-corrected chi connectivity index (χ2v) is 3.77. The molecule has 0 saturated carbocycles. The molecule has 0 heterocycles. The topological polar surface area (TPSA) is 52.6 Å². The molecule has 0 fully saturated rings. The molecule has 1 unspecified atom stereocenters. The Hall–Kier alpha value is -1.58. The van der Waals surface area contributed by atoms with Gasteiger partial charge < -0.3 is 9.47 Å².